The molecule has 0 spiro atoms. The van der Waals surface area contributed by atoms with Crippen LogP contribution in [-0.4, -0.2) is 15.7 Å². The van der Waals surface area contributed by atoms with Crippen molar-refractivity contribution in [2.24, 2.45) is 0 Å². The van der Waals surface area contributed by atoms with Crippen LogP contribution in [0.15, 0.2) is 66.7 Å². The molecule has 0 unspecified atom stereocenters. The molecule has 34 heavy (non-hydrogen) atoms. The standard InChI is InChI=1S/C29H31N3O2/c1-19-10-13-24(14-11-19)17-32-23(5)28(22(4)31-32)30-29(33)26-8-6-7-25(16-26)18-34-27-15-20(2)9-12-21(27)3/h6-16H,17-18H2,1-5H3,(H,30,33). The number of carbonyl (C=O) groups is 1. The van der Waals surface area contributed by atoms with Crippen LogP contribution >= 0.6 is 0 Å². The zero-order chi connectivity index (χ0) is 24.2. The molecule has 0 atom stereocenters. The van der Waals surface area contributed by atoms with Gasteiger partial charge in [0.25, 0.3) is 5.91 Å². The first-order valence-corrected chi connectivity index (χ1v) is 11.5. The second-order valence-electron chi connectivity index (χ2n) is 8.90. The quantitative estimate of drug-likeness (QED) is 0.357. The predicted octanol–water partition coefficient (Wildman–Crippen LogP) is 6.30. The topological polar surface area (TPSA) is 56.2 Å². The summed E-state index contributed by atoms with van der Waals surface area (Å²) >= 11 is 0. The molecule has 0 aliphatic heterocycles. The second-order valence-corrected chi connectivity index (χ2v) is 8.90. The van der Waals surface area contributed by atoms with Gasteiger partial charge in [-0.05, 0) is 75.1 Å². The highest BCUT2D eigenvalue weighted by Crippen LogP contribution is 2.23. The molecular weight excluding hydrogens is 422 g/mol. The molecule has 1 aromatic heterocycles. The van der Waals surface area contributed by atoms with Gasteiger partial charge in [-0.15, -0.1) is 0 Å². The van der Waals surface area contributed by atoms with Crippen molar-refractivity contribution in [2.75, 3.05) is 5.32 Å². The molecule has 0 fully saturated rings. The monoisotopic (exact) mass is 453 g/mol. The SMILES string of the molecule is Cc1ccc(Cn2nc(C)c(NC(=O)c3cccc(COc4cc(C)ccc4C)c3)c2C)cc1. The number of anilines is 1. The molecule has 174 valence electrons. The van der Waals surface area contributed by atoms with Gasteiger partial charge in [-0.2, -0.15) is 5.10 Å². The van der Waals surface area contributed by atoms with Gasteiger partial charge in [-0.25, -0.2) is 0 Å². The fraction of sp³-hybridized carbons (Fsp3) is 0.241. The van der Waals surface area contributed by atoms with Crippen LogP contribution in [0.4, 0.5) is 5.69 Å². The third kappa shape index (κ3) is 5.37. The lowest BCUT2D eigenvalue weighted by Gasteiger charge is -2.11. The van der Waals surface area contributed by atoms with E-state index in [1.165, 1.54) is 11.1 Å². The van der Waals surface area contributed by atoms with E-state index in [1.54, 1.807) is 0 Å². The molecule has 3 aromatic carbocycles. The fourth-order valence-electron chi connectivity index (χ4n) is 3.91. The Morgan fingerprint density at radius 3 is 2.38 bits per heavy atom. The van der Waals surface area contributed by atoms with Gasteiger partial charge in [0.05, 0.1) is 23.6 Å². The number of aromatic nitrogens is 2. The Morgan fingerprint density at radius 1 is 0.882 bits per heavy atom. The van der Waals surface area contributed by atoms with Crippen LogP contribution < -0.4 is 10.1 Å². The van der Waals surface area contributed by atoms with Crippen LogP contribution in [-0.2, 0) is 13.2 Å². The molecule has 0 aliphatic rings. The average molecular weight is 454 g/mol. The fourth-order valence-corrected chi connectivity index (χ4v) is 3.91. The lowest BCUT2D eigenvalue weighted by Crippen LogP contribution is -2.14. The van der Waals surface area contributed by atoms with Gasteiger partial charge in [0, 0.05) is 5.56 Å². The van der Waals surface area contributed by atoms with Crippen LogP contribution in [0.3, 0.4) is 0 Å². The number of benzene rings is 3. The zero-order valence-corrected chi connectivity index (χ0v) is 20.5. The van der Waals surface area contributed by atoms with Gasteiger partial charge in [0.2, 0.25) is 0 Å². The number of hydrogen-bond acceptors (Lipinski definition) is 3. The van der Waals surface area contributed by atoms with E-state index in [0.29, 0.717) is 18.7 Å². The zero-order valence-electron chi connectivity index (χ0n) is 20.5. The number of ether oxygens (including phenoxy) is 1. The molecule has 0 bridgehead atoms. The van der Waals surface area contributed by atoms with Crippen LogP contribution in [0.1, 0.15) is 49.6 Å². The summed E-state index contributed by atoms with van der Waals surface area (Å²) in [5, 5.41) is 7.72. The van der Waals surface area contributed by atoms with E-state index in [0.717, 1.165) is 39.5 Å². The Morgan fingerprint density at radius 2 is 1.62 bits per heavy atom. The van der Waals surface area contributed by atoms with Crippen molar-refractivity contribution in [3.63, 3.8) is 0 Å². The molecule has 1 heterocycles. The van der Waals surface area contributed by atoms with Crippen molar-refractivity contribution in [1.29, 1.82) is 0 Å². The summed E-state index contributed by atoms with van der Waals surface area (Å²) in [4.78, 5) is 13.1. The van der Waals surface area contributed by atoms with Crippen LogP contribution in [0.2, 0.25) is 0 Å². The average Bonchev–Trinajstić information content (AvgIpc) is 3.08. The van der Waals surface area contributed by atoms with Crippen molar-refractivity contribution in [2.45, 2.75) is 47.8 Å². The summed E-state index contributed by atoms with van der Waals surface area (Å²) < 4.78 is 7.95. The minimum Gasteiger partial charge on any atom is -0.489 e. The molecule has 0 radical (unpaired) electrons. The van der Waals surface area contributed by atoms with Crippen molar-refractivity contribution in [3.05, 3.63) is 111 Å². The smallest absolute Gasteiger partial charge is 0.255 e. The number of nitrogens with zero attached hydrogens (tertiary/aromatic N) is 2. The highest BCUT2D eigenvalue weighted by molar-refractivity contribution is 6.05. The van der Waals surface area contributed by atoms with Gasteiger partial charge in [-0.1, -0.05) is 54.1 Å². The summed E-state index contributed by atoms with van der Waals surface area (Å²) in [6, 6.07) is 22.1. The van der Waals surface area contributed by atoms with Crippen LogP contribution in [0.5, 0.6) is 5.75 Å². The van der Waals surface area contributed by atoms with E-state index in [-0.39, 0.29) is 5.91 Å². The van der Waals surface area contributed by atoms with Gasteiger partial charge < -0.3 is 10.1 Å². The van der Waals surface area contributed by atoms with Crippen molar-refractivity contribution in [1.82, 2.24) is 9.78 Å². The number of carbonyl (C=O) groups excluding carboxylic acids is 1. The van der Waals surface area contributed by atoms with E-state index in [1.807, 2.05) is 62.7 Å². The lowest BCUT2D eigenvalue weighted by molar-refractivity contribution is 0.102. The maximum Gasteiger partial charge on any atom is 0.255 e. The normalized spacial score (nSPS) is 10.9. The summed E-state index contributed by atoms with van der Waals surface area (Å²) in [5.41, 5.74) is 8.67. The molecule has 4 aromatic rings. The highest BCUT2D eigenvalue weighted by Gasteiger charge is 2.16. The predicted molar refractivity (Wildman–Crippen MR) is 137 cm³/mol. The summed E-state index contributed by atoms with van der Waals surface area (Å²) in [6.45, 7) is 11.1. The Balaban J connectivity index is 1.46. The van der Waals surface area contributed by atoms with Gasteiger partial charge in [0.15, 0.2) is 0 Å². The van der Waals surface area contributed by atoms with Crippen molar-refractivity contribution in [3.8, 4) is 5.75 Å². The molecule has 5 nitrogen and oxygen atoms in total. The third-order valence-corrected chi connectivity index (χ3v) is 6.00. The molecule has 0 saturated carbocycles. The summed E-state index contributed by atoms with van der Waals surface area (Å²) in [5.74, 6) is 0.705. The Hall–Kier alpha value is -3.86. The number of amides is 1. The second kappa shape index (κ2) is 9.96. The third-order valence-electron chi connectivity index (χ3n) is 6.00. The first-order valence-electron chi connectivity index (χ1n) is 11.5. The molecule has 0 saturated heterocycles. The minimum atomic E-state index is -0.158. The van der Waals surface area contributed by atoms with Crippen molar-refractivity contribution < 1.29 is 9.53 Å². The first kappa shape index (κ1) is 23.3. The lowest BCUT2D eigenvalue weighted by atomic mass is 10.1. The van der Waals surface area contributed by atoms with E-state index in [2.05, 4.69) is 53.7 Å². The highest BCUT2D eigenvalue weighted by atomic mass is 16.5. The van der Waals surface area contributed by atoms with E-state index in [9.17, 15) is 4.79 Å². The Kier molecular flexibility index (Phi) is 6.82. The minimum absolute atomic E-state index is 0.158. The maximum absolute atomic E-state index is 13.1. The van der Waals surface area contributed by atoms with Gasteiger partial charge in [-0.3, -0.25) is 9.48 Å². The van der Waals surface area contributed by atoms with E-state index >= 15 is 0 Å². The van der Waals surface area contributed by atoms with Gasteiger partial charge in [0.1, 0.15) is 12.4 Å². The maximum atomic E-state index is 13.1. The number of nitrogens with one attached hydrogen (secondary N) is 1. The largest absolute Gasteiger partial charge is 0.489 e. The molecule has 0 aliphatic carbocycles. The molecular formula is C29H31N3O2. The van der Waals surface area contributed by atoms with Crippen LogP contribution in [0, 0.1) is 34.6 Å². The number of aryl methyl sites for hydroxylation is 4. The Labute approximate surface area is 201 Å². The number of rotatable bonds is 7. The van der Waals surface area contributed by atoms with Gasteiger partial charge >= 0.3 is 0 Å². The summed E-state index contributed by atoms with van der Waals surface area (Å²) in [6.07, 6.45) is 0. The van der Waals surface area contributed by atoms with Crippen LogP contribution in [0.25, 0.3) is 0 Å². The molecule has 1 N–H and O–H groups in total. The van der Waals surface area contributed by atoms with Crippen molar-refractivity contribution >= 4 is 11.6 Å². The summed E-state index contributed by atoms with van der Waals surface area (Å²) in [7, 11) is 0. The molecule has 1 amide bonds. The van der Waals surface area contributed by atoms with E-state index < -0.39 is 0 Å². The molecule has 5 heteroatoms. The Bertz CT molecular complexity index is 1320. The first-order chi connectivity index (χ1) is 16.3. The number of hydrogen-bond donors (Lipinski definition) is 1. The van der Waals surface area contributed by atoms with E-state index in [4.69, 9.17) is 4.74 Å². The molecule has 4 rings (SSSR count).